The first-order valence-corrected chi connectivity index (χ1v) is 10.4. The van der Waals surface area contributed by atoms with Gasteiger partial charge in [0.1, 0.15) is 6.10 Å². The lowest BCUT2D eigenvalue weighted by atomic mass is 10.0. The van der Waals surface area contributed by atoms with Crippen molar-refractivity contribution in [3.63, 3.8) is 0 Å². The van der Waals surface area contributed by atoms with Gasteiger partial charge in [0, 0.05) is 0 Å². The van der Waals surface area contributed by atoms with Gasteiger partial charge in [0.2, 0.25) is 0 Å². The topological polar surface area (TPSA) is 69.6 Å². The number of thiol groups is 1. The van der Waals surface area contributed by atoms with E-state index in [1.54, 1.807) is 6.08 Å². The maximum Gasteiger partial charge on any atom is 0.159 e. The number of nitrogens with one attached hydrogen (secondary N) is 1. The number of aliphatic hydroxyl groups is 2. The van der Waals surface area contributed by atoms with Gasteiger partial charge in [-0.25, -0.2) is 0 Å². The normalized spacial score (nSPS) is 15.4. The van der Waals surface area contributed by atoms with Crippen molar-refractivity contribution < 1.29 is 15.0 Å². The second-order valence-electron chi connectivity index (χ2n) is 6.95. The highest BCUT2D eigenvalue weighted by molar-refractivity contribution is 7.78. The summed E-state index contributed by atoms with van der Waals surface area (Å²) in [6, 6.07) is -0.783. The van der Waals surface area contributed by atoms with Crippen molar-refractivity contribution in [2.75, 3.05) is 0 Å². The zero-order valence-electron chi connectivity index (χ0n) is 16.1. The van der Waals surface area contributed by atoms with Crippen LogP contribution in [0.15, 0.2) is 12.2 Å². The summed E-state index contributed by atoms with van der Waals surface area (Å²) in [5.74, 6) is -0.385. The van der Waals surface area contributed by atoms with E-state index >= 15 is 0 Å². The van der Waals surface area contributed by atoms with E-state index in [2.05, 4.69) is 24.5 Å². The lowest BCUT2D eigenvalue weighted by Gasteiger charge is -2.22. The number of carbonyl (C=O) groups excluding carboxylic acids is 1. The summed E-state index contributed by atoms with van der Waals surface area (Å²) < 4.78 is 2.50. The number of hydrogen-bond acceptors (Lipinski definition) is 5. The Kier molecular flexibility index (Phi) is 16.8. The van der Waals surface area contributed by atoms with Crippen LogP contribution in [0, 0.1) is 0 Å². The molecule has 0 aliphatic heterocycles. The molecule has 0 aromatic heterocycles. The highest BCUT2D eigenvalue weighted by Crippen LogP contribution is 2.12. The van der Waals surface area contributed by atoms with Crippen LogP contribution in [0.25, 0.3) is 0 Å². The van der Waals surface area contributed by atoms with Crippen molar-refractivity contribution in [1.82, 2.24) is 4.72 Å². The summed E-state index contributed by atoms with van der Waals surface area (Å²) in [6.45, 7) is 3.55. The van der Waals surface area contributed by atoms with Gasteiger partial charge < -0.3 is 10.2 Å². The van der Waals surface area contributed by atoms with Gasteiger partial charge in [-0.2, -0.15) is 0 Å². The molecule has 1 unspecified atom stereocenters. The van der Waals surface area contributed by atoms with Crippen LogP contribution in [0.4, 0.5) is 0 Å². The van der Waals surface area contributed by atoms with Crippen LogP contribution in [-0.2, 0) is 4.79 Å². The van der Waals surface area contributed by atoms with Crippen LogP contribution in [-0.4, -0.2) is 34.2 Å². The zero-order chi connectivity index (χ0) is 18.9. The fourth-order valence-corrected chi connectivity index (χ4v) is 3.16. The van der Waals surface area contributed by atoms with Crippen LogP contribution >= 0.6 is 12.8 Å². The predicted octanol–water partition coefficient (Wildman–Crippen LogP) is 4.36. The molecular formula is C20H39NO3S. The summed E-state index contributed by atoms with van der Waals surface area (Å²) in [5.41, 5.74) is 0. The number of allylic oxidation sites excluding steroid dienone is 1. The fourth-order valence-electron chi connectivity index (χ4n) is 2.87. The Bertz CT molecular complexity index is 350. The first-order chi connectivity index (χ1) is 12.0. The third-order valence-electron chi connectivity index (χ3n) is 4.58. The second kappa shape index (κ2) is 17.1. The Morgan fingerprint density at radius 2 is 1.44 bits per heavy atom. The summed E-state index contributed by atoms with van der Waals surface area (Å²) in [6.07, 6.45) is 16.8. The van der Waals surface area contributed by atoms with Crippen molar-refractivity contribution in [3.8, 4) is 0 Å². The molecule has 0 aromatic rings. The van der Waals surface area contributed by atoms with Crippen molar-refractivity contribution >= 4 is 18.6 Å². The van der Waals surface area contributed by atoms with Crippen LogP contribution in [0.3, 0.4) is 0 Å². The molecule has 0 amide bonds. The lowest BCUT2D eigenvalue weighted by molar-refractivity contribution is -0.127. The van der Waals surface area contributed by atoms with Crippen molar-refractivity contribution in [1.29, 1.82) is 0 Å². The Morgan fingerprint density at radius 1 is 0.960 bits per heavy atom. The minimum atomic E-state index is -1.25. The second-order valence-corrected chi connectivity index (χ2v) is 7.21. The first kappa shape index (κ1) is 24.6. The molecule has 0 aliphatic carbocycles. The highest BCUT2D eigenvalue weighted by atomic mass is 32.1. The molecule has 4 nitrogen and oxygen atoms in total. The fraction of sp³-hybridized carbons (Fsp3) is 0.850. The Balaban J connectivity index is 3.60. The molecule has 3 N–H and O–H groups in total. The van der Waals surface area contributed by atoms with Gasteiger partial charge in [-0.3, -0.25) is 9.52 Å². The molecule has 0 radical (unpaired) electrons. The van der Waals surface area contributed by atoms with Gasteiger partial charge in [0.05, 0.1) is 12.1 Å². The predicted molar refractivity (Wildman–Crippen MR) is 109 cm³/mol. The molecule has 0 spiro atoms. The molecule has 3 atom stereocenters. The monoisotopic (exact) mass is 373 g/mol. The lowest BCUT2D eigenvalue weighted by Crippen LogP contribution is -2.47. The smallest absolute Gasteiger partial charge is 0.159 e. The quantitative estimate of drug-likeness (QED) is 0.174. The molecule has 148 valence electrons. The summed E-state index contributed by atoms with van der Waals surface area (Å²) >= 11 is 3.88. The van der Waals surface area contributed by atoms with E-state index in [1.807, 2.05) is 6.08 Å². The minimum absolute atomic E-state index is 0.385. The van der Waals surface area contributed by atoms with Gasteiger partial charge in [0.15, 0.2) is 5.78 Å². The van der Waals surface area contributed by atoms with E-state index in [0.717, 1.165) is 12.8 Å². The third-order valence-corrected chi connectivity index (χ3v) is 4.88. The van der Waals surface area contributed by atoms with E-state index in [-0.39, 0.29) is 5.78 Å². The number of ketones is 1. The molecule has 0 fully saturated rings. The molecule has 0 bridgehead atoms. The molecule has 5 heteroatoms. The van der Waals surface area contributed by atoms with Gasteiger partial charge in [-0.1, -0.05) is 96.1 Å². The van der Waals surface area contributed by atoms with Crippen LogP contribution in [0.2, 0.25) is 0 Å². The van der Waals surface area contributed by atoms with Gasteiger partial charge in [-0.15, -0.1) is 0 Å². The van der Waals surface area contributed by atoms with Crippen LogP contribution in [0.1, 0.15) is 90.9 Å². The minimum Gasteiger partial charge on any atom is -0.387 e. The molecule has 25 heavy (non-hydrogen) atoms. The molecule has 0 heterocycles. The molecular weight excluding hydrogens is 334 g/mol. The third kappa shape index (κ3) is 13.5. The summed E-state index contributed by atoms with van der Waals surface area (Å²) in [4.78, 5) is 11.2. The molecule has 0 aromatic carbocycles. The van der Waals surface area contributed by atoms with E-state index < -0.39 is 18.2 Å². The highest BCUT2D eigenvalue weighted by Gasteiger charge is 2.27. The van der Waals surface area contributed by atoms with Gasteiger partial charge in [0.25, 0.3) is 0 Å². The van der Waals surface area contributed by atoms with E-state index in [0.29, 0.717) is 0 Å². The molecule has 0 saturated carbocycles. The number of Topliss-reactive ketones (excluding diaryl/α,β-unsaturated/α-hetero) is 1. The molecule has 0 aliphatic rings. The summed E-state index contributed by atoms with van der Waals surface area (Å²) in [7, 11) is 0. The number of rotatable bonds is 17. The first-order valence-electron chi connectivity index (χ1n) is 9.97. The maximum absolute atomic E-state index is 11.2. The standard InChI is InChI=1S/C20H39NO3S/c1-3-4-5-6-7-8-9-10-11-12-13-14-15-16-18(23)19(21-25)20(24)17(2)22/h15-16,18-21,23-25H,3-14H2,1-2H3/b16-15+/t18-,19-,20?/m1/s1. The molecule has 0 saturated heterocycles. The van der Waals surface area contributed by atoms with Crippen LogP contribution < -0.4 is 4.72 Å². The SMILES string of the molecule is CCCCCCCCCCCCC/C=C/[C@@H](O)[C@@H](NS)C(O)C(C)=O. The van der Waals surface area contributed by atoms with E-state index in [9.17, 15) is 15.0 Å². The molecule has 0 rings (SSSR count). The number of aliphatic hydroxyl groups excluding tert-OH is 2. The van der Waals surface area contributed by atoms with E-state index in [4.69, 9.17) is 0 Å². The average Bonchev–Trinajstić information content (AvgIpc) is 2.59. The number of carbonyl (C=O) groups is 1. The van der Waals surface area contributed by atoms with Gasteiger partial charge >= 0.3 is 0 Å². The van der Waals surface area contributed by atoms with Crippen molar-refractivity contribution in [3.05, 3.63) is 12.2 Å². The average molecular weight is 374 g/mol. The van der Waals surface area contributed by atoms with Crippen molar-refractivity contribution in [2.45, 2.75) is 109 Å². The van der Waals surface area contributed by atoms with E-state index in [1.165, 1.54) is 71.1 Å². The van der Waals surface area contributed by atoms with Crippen molar-refractivity contribution in [2.24, 2.45) is 0 Å². The number of unbranched alkanes of at least 4 members (excludes halogenated alkanes) is 11. The Labute approximate surface area is 160 Å². The zero-order valence-corrected chi connectivity index (χ0v) is 17.0. The summed E-state index contributed by atoms with van der Waals surface area (Å²) in [5, 5.41) is 19.7. The Hall–Kier alpha value is -0.360. The maximum atomic E-state index is 11.2. The Morgan fingerprint density at radius 3 is 1.88 bits per heavy atom. The number of hydrogen-bond donors (Lipinski definition) is 4. The van der Waals surface area contributed by atoms with Gasteiger partial charge in [-0.05, 0) is 19.8 Å². The van der Waals surface area contributed by atoms with Crippen LogP contribution in [0.5, 0.6) is 0 Å². The largest absolute Gasteiger partial charge is 0.387 e.